The van der Waals surface area contributed by atoms with E-state index in [9.17, 15) is 9.59 Å². The summed E-state index contributed by atoms with van der Waals surface area (Å²) in [5, 5.41) is 0. The van der Waals surface area contributed by atoms with E-state index in [1.54, 1.807) is 4.90 Å². The number of allylic oxidation sites excluding steroid dienone is 4. The van der Waals surface area contributed by atoms with E-state index in [1.807, 2.05) is 20.9 Å². The average molecular weight is 648 g/mol. The Kier molecular flexibility index (Phi) is 33.5. The zero-order chi connectivity index (χ0) is 33.9. The van der Waals surface area contributed by atoms with Gasteiger partial charge in [0.1, 0.15) is 0 Å². The summed E-state index contributed by atoms with van der Waals surface area (Å²) in [6.45, 7) is 8.53. The van der Waals surface area contributed by atoms with Crippen LogP contribution in [0.4, 0.5) is 0 Å². The van der Waals surface area contributed by atoms with Crippen molar-refractivity contribution in [2.75, 3.05) is 7.05 Å². The van der Waals surface area contributed by atoms with Crippen LogP contribution < -0.4 is 0 Å². The topological polar surface area (TPSA) is 55.8 Å². The molecular weight excluding hydrogens is 570 g/mol. The molecule has 0 N–H and O–H groups in total. The fraction of sp³-hybridized carbons (Fsp3) is 0.854. The van der Waals surface area contributed by atoms with Crippen molar-refractivity contribution in [2.45, 2.75) is 220 Å². The lowest BCUT2D eigenvalue weighted by Crippen LogP contribution is -2.43. The van der Waals surface area contributed by atoms with Crippen LogP contribution in [-0.4, -0.2) is 36.3 Å². The lowest BCUT2D eigenvalue weighted by Gasteiger charge is -2.29. The van der Waals surface area contributed by atoms with E-state index in [0.29, 0.717) is 12.8 Å². The summed E-state index contributed by atoms with van der Waals surface area (Å²) >= 11 is 0. The molecule has 0 bridgehead atoms. The molecule has 0 radical (unpaired) electrons. The first-order chi connectivity index (χ1) is 22.4. The van der Waals surface area contributed by atoms with E-state index in [0.717, 1.165) is 51.4 Å². The molecule has 0 aromatic carbocycles. The summed E-state index contributed by atoms with van der Waals surface area (Å²) in [5.74, 6) is -0.576. The number of carbonyl (C=O) groups is 2. The van der Waals surface area contributed by atoms with Gasteiger partial charge in [-0.2, -0.15) is 0 Å². The minimum atomic E-state index is -0.953. The highest BCUT2D eigenvalue weighted by Crippen LogP contribution is 2.15. The van der Waals surface area contributed by atoms with Crippen molar-refractivity contribution in [1.82, 2.24) is 4.90 Å². The number of esters is 2. The van der Waals surface area contributed by atoms with Gasteiger partial charge in [0.25, 0.3) is 0 Å². The number of carbonyl (C=O) groups excluding carboxylic acids is 2. The third kappa shape index (κ3) is 31.0. The second kappa shape index (κ2) is 34.7. The maximum Gasteiger partial charge on any atom is 0.310 e. The Balaban J connectivity index is 3.93. The van der Waals surface area contributed by atoms with Crippen LogP contribution in [0.1, 0.15) is 207 Å². The van der Waals surface area contributed by atoms with Crippen LogP contribution in [0, 0.1) is 0 Å². The van der Waals surface area contributed by atoms with Gasteiger partial charge >= 0.3 is 18.4 Å². The average Bonchev–Trinajstić information content (AvgIpc) is 3.04. The van der Waals surface area contributed by atoms with Crippen molar-refractivity contribution in [3.8, 4) is 0 Å². The van der Waals surface area contributed by atoms with E-state index in [2.05, 4.69) is 38.2 Å². The molecule has 0 atom stereocenters. The van der Waals surface area contributed by atoms with Crippen molar-refractivity contribution in [1.29, 1.82) is 0 Å². The lowest BCUT2D eigenvalue weighted by molar-refractivity contribution is -0.223. The standard InChI is InChI=1S/C41H77NO4/c1-6-8-10-12-14-16-18-20-22-24-26-28-30-32-34-36-39(43)45-41(42(5)38(3)4)46-40(44)37-35-33-31-29-27-25-23-21-19-17-15-13-11-9-7-2/h20-23,38,41H,6-19,24-37H2,1-5H3/b22-20-,23-21-. The van der Waals surface area contributed by atoms with Crippen molar-refractivity contribution >= 4 is 11.9 Å². The quantitative estimate of drug-likeness (QED) is 0.0301. The SMILES string of the molecule is CCCCCCCC/C=C\CCCCCCCC(=O)OC(OC(=O)CCCCCCC/C=C\CCCCCCCC)N(C)C(C)C. The third-order valence-corrected chi connectivity index (χ3v) is 8.90. The monoisotopic (exact) mass is 648 g/mol. The van der Waals surface area contributed by atoms with Gasteiger partial charge in [-0.05, 0) is 85.1 Å². The number of nitrogens with zero attached hydrogens (tertiary/aromatic N) is 1. The molecule has 0 aromatic rings. The highest BCUT2D eigenvalue weighted by atomic mass is 16.7. The number of hydrogen-bond acceptors (Lipinski definition) is 5. The van der Waals surface area contributed by atoms with Crippen LogP contribution >= 0.6 is 0 Å². The molecule has 0 unspecified atom stereocenters. The third-order valence-electron chi connectivity index (χ3n) is 8.90. The number of rotatable bonds is 34. The molecule has 0 aliphatic carbocycles. The Morgan fingerprint density at radius 3 is 1.07 bits per heavy atom. The van der Waals surface area contributed by atoms with E-state index in [4.69, 9.17) is 9.47 Å². The molecule has 5 heteroatoms. The van der Waals surface area contributed by atoms with Gasteiger partial charge in [0, 0.05) is 18.9 Å². The smallest absolute Gasteiger partial charge is 0.310 e. The summed E-state index contributed by atoms with van der Waals surface area (Å²) in [7, 11) is 1.83. The van der Waals surface area contributed by atoms with Gasteiger partial charge in [-0.15, -0.1) is 0 Å². The molecule has 0 aliphatic rings. The van der Waals surface area contributed by atoms with Gasteiger partial charge in [0.15, 0.2) is 0 Å². The highest BCUT2D eigenvalue weighted by molar-refractivity contribution is 5.71. The van der Waals surface area contributed by atoms with Crippen LogP contribution in [0.5, 0.6) is 0 Å². The molecule has 270 valence electrons. The molecule has 0 aromatic heterocycles. The van der Waals surface area contributed by atoms with Gasteiger partial charge in [-0.3, -0.25) is 9.59 Å². The fourth-order valence-corrected chi connectivity index (χ4v) is 5.46. The first-order valence-corrected chi connectivity index (χ1v) is 19.8. The number of ether oxygens (including phenoxy) is 2. The van der Waals surface area contributed by atoms with Crippen molar-refractivity contribution < 1.29 is 19.1 Å². The Morgan fingerprint density at radius 1 is 0.478 bits per heavy atom. The van der Waals surface area contributed by atoms with E-state index in [-0.39, 0.29) is 18.0 Å². The molecule has 5 nitrogen and oxygen atoms in total. The number of hydrogen-bond donors (Lipinski definition) is 0. The predicted octanol–water partition coefficient (Wildman–Crippen LogP) is 12.8. The summed E-state index contributed by atoms with van der Waals surface area (Å²) in [5.41, 5.74) is 0. The van der Waals surface area contributed by atoms with Crippen molar-refractivity contribution in [2.24, 2.45) is 0 Å². The summed E-state index contributed by atoms with van der Waals surface area (Å²) < 4.78 is 11.2. The van der Waals surface area contributed by atoms with Gasteiger partial charge in [0.05, 0.1) is 0 Å². The van der Waals surface area contributed by atoms with Crippen molar-refractivity contribution in [3.63, 3.8) is 0 Å². The Labute approximate surface area is 286 Å². The zero-order valence-electron chi connectivity index (χ0n) is 31.3. The van der Waals surface area contributed by atoms with Crippen LogP contribution in [0.15, 0.2) is 24.3 Å². The Morgan fingerprint density at radius 2 is 0.761 bits per heavy atom. The highest BCUT2D eigenvalue weighted by Gasteiger charge is 2.25. The first-order valence-electron chi connectivity index (χ1n) is 19.8. The van der Waals surface area contributed by atoms with Gasteiger partial charge in [0.2, 0.25) is 0 Å². The summed E-state index contributed by atoms with van der Waals surface area (Å²) in [6.07, 6.45) is 41.0. The lowest BCUT2D eigenvalue weighted by atomic mass is 10.1. The largest absolute Gasteiger partial charge is 0.411 e. The molecule has 0 amide bonds. The minimum Gasteiger partial charge on any atom is -0.411 e. The van der Waals surface area contributed by atoms with Crippen LogP contribution in [0.25, 0.3) is 0 Å². The molecule has 0 heterocycles. The minimum absolute atomic E-state index is 0.0882. The molecule has 0 spiro atoms. The van der Waals surface area contributed by atoms with Crippen LogP contribution in [0.2, 0.25) is 0 Å². The zero-order valence-corrected chi connectivity index (χ0v) is 31.3. The van der Waals surface area contributed by atoms with Gasteiger partial charge in [-0.25, -0.2) is 4.90 Å². The maximum absolute atomic E-state index is 12.5. The molecule has 0 rings (SSSR count). The van der Waals surface area contributed by atoms with E-state index < -0.39 is 6.41 Å². The molecular formula is C41H77NO4. The summed E-state index contributed by atoms with van der Waals surface area (Å²) in [6, 6.07) is 0.0882. The van der Waals surface area contributed by atoms with E-state index in [1.165, 1.54) is 116 Å². The van der Waals surface area contributed by atoms with Gasteiger partial charge in [-0.1, -0.05) is 141 Å². The first kappa shape index (κ1) is 44.4. The molecule has 0 saturated carbocycles. The molecule has 46 heavy (non-hydrogen) atoms. The Bertz CT molecular complexity index is 678. The molecule has 0 aliphatic heterocycles. The molecule has 0 fully saturated rings. The maximum atomic E-state index is 12.5. The number of unbranched alkanes of at least 4 members (excludes halogenated alkanes) is 22. The summed E-state index contributed by atoms with van der Waals surface area (Å²) in [4.78, 5) is 26.9. The molecule has 0 saturated heterocycles. The normalized spacial score (nSPS) is 12.0. The van der Waals surface area contributed by atoms with E-state index >= 15 is 0 Å². The van der Waals surface area contributed by atoms with Crippen LogP contribution in [0.3, 0.4) is 0 Å². The van der Waals surface area contributed by atoms with Crippen LogP contribution in [-0.2, 0) is 19.1 Å². The Hall–Kier alpha value is -1.62. The fourth-order valence-electron chi connectivity index (χ4n) is 5.46. The second-order valence-electron chi connectivity index (χ2n) is 13.7. The van der Waals surface area contributed by atoms with Crippen molar-refractivity contribution in [3.05, 3.63) is 24.3 Å². The second-order valence-corrected chi connectivity index (χ2v) is 13.7. The predicted molar refractivity (Wildman–Crippen MR) is 198 cm³/mol. The van der Waals surface area contributed by atoms with Gasteiger partial charge < -0.3 is 9.47 Å².